The van der Waals surface area contributed by atoms with Crippen molar-refractivity contribution in [3.8, 4) is 5.75 Å². The van der Waals surface area contributed by atoms with E-state index in [-0.39, 0.29) is 29.9 Å². The fourth-order valence-electron chi connectivity index (χ4n) is 2.36. The molecule has 0 saturated heterocycles. The third-order valence-electron chi connectivity index (χ3n) is 3.37. The number of halogens is 4. The number of ketones is 1. The Morgan fingerprint density at radius 3 is 2.48 bits per heavy atom. The summed E-state index contributed by atoms with van der Waals surface area (Å²) in [5.74, 6) is -2.73. The monoisotopic (exact) mass is 384 g/mol. The summed E-state index contributed by atoms with van der Waals surface area (Å²) < 4.78 is 53.6. The maximum Gasteiger partial charge on any atom is 0.573 e. The standard InChI is InChI=1S/C18H16F4N2O3/c1-10-5-13(8-14(24-10)6-11(2)25)17(26)23-9-12-3-4-16(15(19)7-12)27-18(20,21)22/h3-5,7-8H,6,9H2,1-2H3,(H,23,26). The lowest BCUT2D eigenvalue weighted by Gasteiger charge is -2.11. The van der Waals surface area contributed by atoms with Crippen LogP contribution in [0, 0.1) is 12.7 Å². The van der Waals surface area contributed by atoms with Crippen LogP contribution >= 0.6 is 0 Å². The van der Waals surface area contributed by atoms with Crippen molar-refractivity contribution in [3.05, 3.63) is 58.7 Å². The van der Waals surface area contributed by atoms with Gasteiger partial charge in [-0.25, -0.2) is 4.39 Å². The van der Waals surface area contributed by atoms with Crippen LogP contribution in [0.5, 0.6) is 5.75 Å². The van der Waals surface area contributed by atoms with Gasteiger partial charge in [0, 0.05) is 29.9 Å². The number of alkyl halides is 3. The summed E-state index contributed by atoms with van der Waals surface area (Å²) in [7, 11) is 0. The number of aryl methyl sites for hydroxylation is 1. The molecule has 144 valence electrons. The normalized spacial score (nSPS) is 11.2. The maximum atomic E-state index is 13.7. The van der Waals surface area contributed by atoms with Gasteiger partial charge < -0.3 is 10.1 Å². The average Bonchev–Trinajstić information content (AvgIpc) is 2.52. The molecular weight excluding hydrogens is 368 g/mol. The van der Waals surface area contributed by atoms with Gasteiger partial charge in [0.1, 0.15) is 5.78 Å². The van der Waals surface area contributed by atoms with Gasteiger partial charge in [0.05, 0.1) is 0 Å². The van der Waals surface area contributed by atoms with Crippen molar-refractivity contribution in [1.82, 2.24) is 10.3 Å². The predicted molar refractivity (Wildman–Crippen MR) is 87.6 cm³/mol. The zero-order valence-corrected chi connectivity index (χ0v) is 14.5. The molecule has 0 atom stereocenters. The molecule has 0 saturated carbocycles. The van der Waals surface area contributed by atoms with Crippen LogP contribution in [0.25, 0.3) is 0 Å². The number of carbonyl (C=O) groups excluding carboxylic acids is 2. The Balaban J connectivity index is 2.06. The van der Waals surface area contributed by atoms with Crippen LogP contribution in [0.3, 0.4) is 0 Å². The summed E-state index contributed by atoms with van der Waals surface area (Å²) in [5, 5.41) is 2.54. The summed E-state index contributed by atoms with van der Waals surface area (Å²) >= 11 is 0. The first-order valence-corrected chi connectivity index (χ1v) is 7.83. The largest absolute Gasteiger partial charge is 0.573 e. The second kappa shape index (κ2) is 8.15. The number of rotatable bonds is 6. The van der Waals surface area contributed by atoms with Crippen LogP contribution in [-0.4, -0.2) is 23.0 Å². The lowest BCUT2D eigenvalue weighted by molar-refractivity contribution is -0.275. The number of hydrogen-bond donors (Lipinski definition) is 1. The van der Waals surface area contributed by atoms with E-state index in [0.717, 1.165) is 12.1 Å². The van der Waals surface area contributed by atoms with Crippen LogP contribution in [-0.2, 0) is 17.8 Å². The maximum absolute atomic E-state index is 13.7. The van der Waals surface area contributed by atoms with E-state index in [9.17, 15) is 27.2 Å². The highest BCUT2D eigenvalue weighted by Gasteiger charge is 2.32. The number of Topliss-reactive ketones (excluding diaryl/α,β-unsaturated/α-hetero) is 1. The first-order valence-electron chi connectivity index (χ1n) is 7.83. The van der Waals surface area contributed by atoms with E-state index in [1.807, 2.05) is 0 Å². The first-order chi connectivity index (χ1) is 12.5. The number of pyridine rings is 1. The molecule has 9 heteroatoms. The highest BCUT2D eigenvalue weighted by atomic mass is 19.4. The van der Waals surface area contributed by atoms with Crippen molar-refractivity contribution in [1.29, 1.82) is 0 Å². The van der Waals surface area contributed by atoms with Gasteiger partial charge in [-0.3, -0.25) is 14.6 Å². The van der Waals surface area contributed by atoms with E-state index in [1.54, 1.807) is 6.92 Å². The van der Waals surface area contributed by atoms with Crippen molar-refractivity contribution in [2.45, 2.75) is 33.2 Å². The molecule has 0 fully saturated rings. The first kappa shape index (κ1) is 20.3. The van der Waals surface area contributed by atoms with Gasteiger partial charge in [0.2, 0.25) is 0 Å². The molecule has 0 radical (unpaired) electrons. The molecule has 5 nitrogen and oxygen atoms in total. The molecule has 2 rings (SSSR count). The molecular formula is C18H16F4N2O3. The number of hydrogen-bond acceptors (Lipinski definition) is 4. The second-order valence-corrected chi connectivity index (χ2v) is 5.86. The summed E-state index contributed by atoms with van der Waals surface area (Å²) in [4.78, 5) is 27.6. The molecule has 1 amide bonds. The molecule has 0 bridgehead atoms. The predicted octanol–water partition coefficient (Wildman–Crippen LogP) is 3.49. The molecule has 0 unspecified atom stereocenters. The van der Waals surface area contributed by atoms with E-state index >= 15 is 0 Å². The topological polar surface area (TPSA) is 68.3 Å². The van der Waals surface area contributed by atoms with Crippen molar-refractivity contribution < 1.29 is 31.9 Å². The number of nitrogens with zero attached hydrogens (tertiary/aromatic N) is 1. The molecule has 0 aliphatic carbocycles. The van der Waals surface area contributed by atoms with Gasteiger partial charge >= 0.3 is 6.36 Å². The van der Waals surface area contributed by atoms with Gasteiger partial charge in [0.15, 0.2) is 11.6 Å². The lowest BCUT2D eigenvalue weighted by Crippen LogP contribution is -2.23. The van der Waals surface area contributed by atoms with Gasteiger partial charge in [-0.2, -0.15) is 0 Å². The minimum atomic E-state index is -4.99. The van der Waals surface area contributed by atoms with Gasteiger partial charge in [-0.15, -0.1) is 13.2 Å². The Labute approximate surface area is 152 Å². The number of carbonyl (C=O) groups is 2. The van der Waals surface area contributed by atoms with E-state index < -0.39 is 23.8 Å². The summed E-state index contributed by atoms with van der Waals surface area (Å²) in [5.41, 5.74) is 1.53. The Hall–Kier alpha value is -2.97. The highest BCUT2D eigenvalue weighted by Crippen LogP contribution is 2.26. The van der Waals surface area contributed by atoms with Crippen LogP contribution in [0.1, 0.15) is 34.2 Å². The highest BCUT2D eigenvalue weighted by molar-refractivity contribution is 5.94. The minimum absolute atomic E-state index is 0.0911. The van der Waals surface area contributed by atoms with Gasteiger partial charge in [-0.05, 0) is 43.7 Å². The second-order valence-electron chi connectivity index (χ2n) is 5.86. The summed E-state index contributed by atoms with van der Waals surface area (Å²) in [6.07, 6.45) is -4.90. The van der Waals surface area contributed by atoms with E-state index in [2.05, 4.69) is 15.0 Å². The molecule has 2 aromatic rings. The van der Waals surface area contributed by atoms with E-state index in [1.165, 1.54) is 25.1 Å². The van der Waals surface area contributed by atoms with Gasteiger partial charge in [0.25, 0.3) is 5.91 Å². The molecule has 1 aromatic carbocycles. The minimum Gasteiger partial charge on any atom is -0.403 e. The van der Waals surface area contributed by atoms with Crippen molar-refractivity contribution in [3.63, 3.8) is 0 Å². The SMILES string of the molecule is CC(=O)Cc1cc(C(=O)NCc2ccc(OC(F)(F)F)c(F)c2)cc(C)n1. The van der Waals surface area contributed by atoms with Gasteiger partial charge in [-0.1, -0.05) is 6.07 Å². The fraction of sp³-hybridized carbons (Fsp3) is 0.278. The third kappa shape index (κ3) is 6.36. The lowest BCUT2D eigenvalue weighted by atomic mass is 10.1. The zero-order chi connectivity index (χ0) is 20.2. The van der Waals surface area contributed by atoms with Crippen LogP contribution < -0.4 is 10.1 Å². The number of ether oxygens (including phenoxy) is 1. The Kier molecular flexibility index (Phi) is 6.14. The van der Waals surface area contributed by atoms with Crippen LogP contribution in [0.2, 0.25) is 0 Å². The van der Waals surface area contributed by atoms with E-state index in [4.69, 9.17) is 0 Å². The Morgan fingerprint density at radius 1 is 1.19 bits per heavy atom. The molecule has 1 N–H and O–H groups in total. The Morgan fingerprint density at radius 2 is 1.89 bits per heavy atom. The smallest absolute Gasteiger partial charge is 0.403 e. The molecule has 1 heterocycles. The molecule has 0 aliphatic heterocycles. The molecule has 27 heavy (non-hydrogen) atoms. The number of nitrogens with one attached hydrogen (secondary N) is 1. The molecule has 0 spiro atoms. The van der Waals surface area contributed by atoms with E-state index in [0.29, 0.717) is 11.4 Å². The van der Waals surface area contributed by atoms with Crippen LogP contribution in [0.15, 0.2) is 30.3 Å². The summed E-state index contributed by atoms with van der Waals surface area (Å²) in [6, 6.07) is 5.90. The number of benzene rings is 1. The number of amides is 1. The Bertz CT molecular complexity index is 866. The third-order valence-corrected chi connectivity index (χ3v) is 3.37. The van der Waals surface area contributed by atoms with Crippen LogP contribution in [0.4, 0.5) is 17.6 Å². The number of aromatic nitrogens is 1. The van der Waals surface area contributed by atoms with Crippen molar-refractivity contribution in [2.24, 2.45) is 0 Å². The van der Waals surface area contributed by atoms with Crippen molar-refractivity contribution in [2.75, 3.05) is 0 Å². The fourth-order valence-corrected chi connectivity index (χ4v) is 2.36. The molecule has 0 aliphatic rings. The average molecular weight is 384 g/mol. The zero-order valence-electron chi connectivity index (χ0n) is 14.5. The summed E-state index contributed by atoms with van der Waals surface area (Å²) in [6.45, 7) is 2.98. The van der Waals surface area contributed by atoms with Crippen molar-refractivity contribution >= 4 is 11.7 Å². The quantitative estimate of drug-likeness (QED) is 0.775. The molecule has 1 aromatic heterocycles.